The van der Waals surface area contributed by atoms with E-state index in [4.69, 9.17) is 5.73 Å². The van der Waals surface area contributed by atoms with Gasteiger partial charge in [0, 0.05) is 12.6 Å². The minimum absolute atomic E-state index is 0.762. The fraction of sp³-hybridized carbons (Fsp3) is 1.00. The van der Waals surface area contributed by atoms with Gasteiger partial charge in [-0.05, 0) is 51.1 Å². The second kappa shape index (κ2) is 4.63. The molecular weight excluding hydrogens is 172 g/mol. The van der Waals surface area contributed by atoms with Crippen LogP contribution in [-0.2, 0) is 0 Å². The van der Waals surface area contributed by atoms with Gasteiger partial charge in [0.05, 0.1) is 0 Å². The van der Waals surface area contributed by atoms with Crippen molar-refractivity contribution in [2.75, 3.05) is 20.1 Å². The van der Waals surface area contributed by atoms with Gasteiger partial charge >= 0.3 is 0 Å². The zero-order chi connectivity index (χ0) is 9.97. The molecule has 1 aliphatic heterocycles. The Balaban J connectivity index is 1.88. The fourth-order valence-electron chi connectivity index (χ4n) is 3.39. The van der Waals surface area contributed by atoms with Gasteiger partial charge < -0.3 is 10.6 Å². The highest BCUT2D eigenvalue weighted by Crippen LogP contribution is 2.35. The molecule has 2 N–H and O–H groups in total. The summed E-state index contributed by atoms with van der Waals surface area (Å²) in [6.07, 6.45) is 8.64. The van der Waals surface area contributed by atoms with Crippen molar-refractivity contribution < 1.29 is 0 Å². The summed E-state index contributed by atoms with van der Waals surface area (Å²) in [6.45, 7) is 2.11. The fourth-order valence-corrected chi connectivity index (χ4v) is 3.39. The average molecular weight is 196 g/mol. The van der Waals surface area contributed by atoms with E-state index in [1.54, 1.807) is 0 Å². The Hall–Kier alpha value is -0.0800. The maximum atomic E-state index is 5.74. The number of hydrogen-bond acceptors (Lipinski definition) is 2. The Morgan fingerprint density at radius 2 is 1.86 bits per heavy atom. The minimum Gasteiger partial charge on any atom is -0.330 e. The molecular formula is C12H24N2. The molecule has 0 spiro atoms. The maximum Gasteiger partial charge on any atom is 0.0121 e. The first-order valence-corrected chi connectivity index (χ1v) is 6.21. The highest BCUT2D eigenvalue weighted by Gasteiger charge is 2.32. The molecule has 2 aliphatic rings. The number of nitrogens with two attached hydrogens (primary N) is 1. The monoisotopic (exact) mass is 196 g/mol. The molecule has 0 bridgehead atoms. The van der Waals surface area contributed by atoms with Gasteiger partial charge in [0.25, 0.3) is 0 Å². The molecule has 2 rings (SSSR count). The van der Waals surface area contributed by atoms with Crippen molar-refractivity contribution >= 4 is 0 Å². The molecule has 0 aromatic carbocycles. The normalized spacial score (nSPS) is 36.4. The molecule has 0 amide bonds. The van der Waals surface area contributed by atoms with Crippen molar-refractivity contribution in [1.29, 1.82) is 0 Å². The van der Waals surface area contributed by atoms with Crippen LogP contribution in [0.25, 0.3) is 0 Å². The smallest absolute Gasteiger partial charge is 0.0121 e. The Labute approximate surface area is 87.8 Å². The summed E-state index contributed by atoms with van der Waals surface area (Å²) in [6, 6.07) is 0.875. The second-order valence-corrected chi connectivity index (χ2v) is 5.23. The number of nitrogens with zero attached hydrogens (tertiary/aromatic N) is 1. The highest BCUT2D eigenvalue weighted by molar-refractivity contribution is 4.86. The zero-order valence-corrected chi connectivity index (χ0v) is 9.41. The van der Waals surface area contributed by atoms with E-state index < -0.39 is 0 Å². The SMILES string of the molecule is CN1CC(CN)CCC1C1CCCC1. The van der Waals surface area contributed by atoms with Gasteiger partial charge in [-0.3, -0.25) is 0 Å². The van der Waals surface area contributed by atoms with Crippen molar-refractivity contribution in [3.8, 4) is 0 Å². The lowest BCUT2D eigenvalue weighted by atomic mass is 9.85. The van der Waals surface area contributed by atoms with Crippen LogP contribution < -0.4 is 5.73 Å². The van der Waals surface area contributed by atoms with Crippen LogP contribution in [0.5, 0.6) is 0 Å². The van der Waals surface area contributed by atoms with Crippen LogP contribution in [0.1, 0.15) is 38.5 Å². The molecule has 0 radical (unpaired) electrons. The van der Waals surface area contributed by atoms with Gasteiger partial charge in [0.15, 0.2) is 0 Å². The summed E-state index contributed by atoms with van der Waals surface area (Å²) in [5, 5.41) is 0. The topological polar surface area (TPSA) is 29.3 Å². The molecule has 1 saturated carbocycles. The third-order valence-corrected chi connectivity index (χ3v) is 4.26. The van der Waals surface area contributed by atoms with Crippen molar-refractivity contribution in [3.63, 3.8) is 0 Å². The third-order valence-electron chi connectivity index (χ3n) is 4.26. The summed E-state index contributed by atoms with van der Waals surface area (Å²) in [7, 11) is 2.30. The zero-order valence-electron chi connectivity index (χ0n) is 9.41. The predicted molar refractivity (Wildman–Crippen MR) is 60.2 cm³/mol. The van der Waals surface area contributed by atoms with Crippen LogP contribution >= 0.6 is 0 Å². The lowest BCUT2D eigenvalue weighted by molar-refractivity contribution is 0.0975. The van der Waals surface area contributed by atoms with Crippen LogP contribution in [0.15, 0.2) is 0 Å². The molecule has 0 aromatic rings. The van der Waals surface area contributed by atoms with Gasteiger partial charge in [-0.2, -0.15) is 0 Å². The molecule has 1 saturated heterocycles. The van der Waals surface area contributed by atoms with Crippen molar-refractivity contribution in [3.05, 3.63) is 0 Å². The molecule has 2 heteroatoms. The van der Waals surface area contributed by atoms with Gasteiger partial charge in [0.2, 0.25) is 0 Å². The Kier molecular flexibility index (Phi) is 3.45. The first-order chi connectivity index (χ1) is 6.81. The molecule has 2 fully saturated rings. The van der Waals surface area contributed by atoms with Crippen LogP contribution in [0.2, 0.25) is 0 Å². The minimum atomic E-state index is 0.762. The van der Waals surface area contributed by atoms with E-state index >= 15 is 0 Å². The average Bonchev–Trinajstić information content (AvgIpc) is 2.70. The van der Waals surface area contributed by atoms with Crippen LogP contribution in [0.3, 0.4) is 0 Å². The molecule has 0 aromatic heterocycles. The summed E-state index contributed by atoms with van der Waals surface area (Å²) in [5.74, 6) is 1.76. The lowest BCUT2D eigenvalue weighted by Crippen LogP contribution is -2.45. The van der Waals surface area contributed by atoms with E-state index in [9.17, 15) is 0 Å². The molecule has 82 valence electrons. The van der Waals surface area contributed by atoms with Gasteiger partial charge in [-0.25, -0.2) is 0 Å². The summed E-state index contributed by atoms with van der Waals surface area (Å²) in [4.78, 5) is 2.58. The number of piperidine rings is 1. The molecule has 2 nitrogen and oxygen atoms in total. The van der Waals surface area contributed by atoms with Crippen LogP contribution in [-0.4, -0.2) is 31.1 Å². The van der Waals surface area contributed by atoms with E-state index in [1.165, 1.54) is 45.1 Å². The van der Waals surface area contributed by atoms with Crippen LogP contribution in [0, 0.1) is 11.8 Å². The van der Waals surface area contributed by atoms with E-state index in [1.807, 2.05) is 0 Å². The van der Waals surface area contributed by atoms with Gasteiger partial charge in [-0.15, -0.1) is 0 Å². The Morgan fingerprint density at radius 3 is 2.43 bits per heavy atom. The van der Waals surface area contributed by atoms with E-state index in [0.717, 1.165) is 24.4 Å². The highest BCUT2D eigenvalue weighted by atomic mass is 15.1. The van der Waals surface area contributed by atoms with Gasteiger partial charge in [0.1, 0.15) is 0 Å². The van der Waals surface area contributed by atoms with E-state index in [-0.39, 0.29) is 0 Å². The summed E-state index contributed by atoms with van der Waals surface area (Å²) in [5.41, 5.74) is 5.74. The number of rotatable bonds is 2. The molecule has 2 unspecified atom stereocenters. The third kappa shape index (κ3) is 2.12. The summed E-state index contributed by atoms with van der Waals surface area (Å²) >= 11 is 0. The van der Waals surface area contributed by atoms with Gasteiger partial charge in [-0.1, -0.05) is 12.8 Å². The standard InChI is InChI=1S/C12H24N2/c1-14-9-10(8-13)6-7-12(14)11-4-2-3-5-11/h10-12H,2-9,13H2,1H3. The number of hydrogen-bond donors (Lipinski definition) is 1. The first kappa shape index (κ1) is 10.4. The van der Waals surface area contributed by atoms with Crippen LogP contribution in [0.4, 0.5) is 0 Å². The molecule has 1 aliphatic carbocycles. The first-order valence-electron chi connectivity index (χ1n) is 6.21. The summed E-state index contributed by atoms with van der Waals surface area (Å²) < 4.78 is 0. The molecule has 14 heavy (non-hydrogen) atoms. The van der Waals surface area contributed by atoms with Crippen molar-refractivity contribution in [2.45, 2.75) is 44.6 Å². The predicted octanol–water partition coefficient (Wildman–Crippen LogP) is 1.85. The van der Waals surface area contributed by atoms with Crippen molar-refractivity contribution in [2.24, 2.45) is 17.6 Å². The molecule has 1 heterocycles. The largest absolute Gasteiger partial charge is 0.330 e. The van der Waals surface area contributed by atoms with E-state index in [2.05, 4.69) is 11.9 Å². The number of likely N-dealkylation sites (tertiary alicyclic amines) is 1. The Bertz CT molecular complexity index is 175. The quantitative estimate of drug-likeness (QED) is 0.730. The lowest BCUT2D eigenvalue weighted by Gasteiger charge is -2.40. The Morgan fingerprint density at radius 1 is 1.14 bits per heavy atom. The maximum absolute atomic E-state index is 5.74. The van der Waals surface area contributed by atoms with E-state index in [0.29, 0.717) is 0 Å². The van der Waals surface area contributed by atoms with Crippen molar-refractivity contribution in [1.82, 2.24) is 4.90 Å². The molecule has 2 atom stereocenters. The second-order valence-electron chi connectivity index (χ2n) is 5.23.